The molecule has 1 fully saturated rings. The first-order valence-corrected chi connectivity index (χ1v) is 13.0. The van der Waals surface area contributed by atoms with Gasteiger partial charge in [-0.3, -0.25) is 4.79 Å². The predicted octanol–water partition coefficient (Wildman–Crippen LogP) is 6.59. The Balaban J connectivity index is 1.06. The van der Waals surface area contributed by atoms with Crippen LogP contribution < -0.4 is 15.5 Å². The van der Waals surface area contributed by atoms with E-state index in [1.54, 1.807) is 0 Å². The molecule has 0 spiro atoms. The molecule has 0 radical (unpaired) electrons. The predicted molar refractivity (Wildman–Crippen MR) is 155 cm³/mol. The van der Waals surface area contributed by atoms with E-state index in [-0.39, 0.29) is 12.0 Å². The number of carbonyl (C=O) groups excluding carboxylic acids is 1. The molecule has 0 bridgehead atoms. The van der Waals surface area contributed by atoms with E-state index in [9.17, 15) is 9.90 Å². The molecule has 4 aromatic carbocycles. The van der Waals surface area contributed by atoms with Crippen LogP contribution in [-0.2, 0) is 0 Å². The molecule has 1 amide bonds. The lowest BCUT2D eigenvalue weighted by molar-refractivity contribution is 0.102. The first-order valence-electron chi connectivity index (χ1n) is 13.0. The highest BCUT2D eigenvalue weighted by molar-refractivity contribution is 6.04. The van der Waals surface area contributed by atoms with E-state index < -0.39 is 0 Å². The SMILES string of the molecule is O=C(Nc1ccc(Nc2ccc(-n3ccc4ccccc43)cc2)cc1)c1ccc(N2CCC(O)CC2)cc1. The second-order valence-corrected chi connectivity index (χ2v) is 9.71. The quantitative estimate of drug-likeness (QED) is 0.245. The van der Waals surface area contributed by atoms with Crippen molar-refractivity contribution in [2.75, 3.05) is 28.6 Å². The third-order valence-corrected chi connectivity index (χ3v) is 7.14. The number of nitrogens with zero attached hydrogens (tertiary/aromatic N) is 2. The van der Waals surface area contributed by atoms with Gasteiger partial charge in [-0.25, -0.2) is 0 Å². The molecular formula is C32H30N4O2. The van der Waals surface area contributed by atoms with E-state index in [0.717, 1.165) is 54.4 Å². The third-order valence-electron chi connectivity index (χ3n) is 7.14. The van der Waals surface area contributed by atoms with Gasteiger partial charge in [-0.1, -0.05) is 18.2 Å². The van der Waals surface area contributed by atoms with Crippen molar-refractivity contribution in [2.45, 2.75) is 18.9 Å². The summed E-state index contributed by atoms with van der Waals surface area (Å²) in [6.07, 6.45) is 3.46. The summed E-state index contributed by atoms with van der Waals surface area (Å²) in [5, 5.41) is 17.3. The van der Waals surface area contributed by atoms with Crippen LogP contribution in [0.15, 0.2) is 109 Å². The zero-order valence-electron chi connectivity index (χ0n) is 21.0. The Morgan fingerprint density at radius 3 is 2.03 bits per heavy atom. The normalized spacial score (nSPS) is 14.0. The summed E-state index contributed by atoms with van der Waals surface area (Å²) in [6, 6.07) is 34.2. The Kier molecular flexibility index (Phi) is 6.54. The minimum Gasteiger partial charge on any atom is -0.393 e. The van der Waals surface area contributed by atoms with Crippen LogP contribution in [0.2, 0.25) is 0 Å². The largest absolute Gasteiger partial charge is 0.393 e. The van der Waals surface area contributed by atoms with Gasteiger partial charge in [0.2, 0.25) is 0 Å². The molecule has 6 rings (SSSR count). The molecule has 5 aromatic rings. The molecule has 1 aliphatic rings. The van der Waals surface area contributed by atoms with Crippen LogP contribution in [0.5, 0.6) is 0 Å². The number of nitrogens with one attached hydrogen (secondary N) is 2. The molecule has 0 unspecified atom stereocenters. The van der Waals surface area contributed by atoms with Crippen LogP contribution in [0.1, 0.15) is 23.2 Å². The number of hydrogen-bond donors (Lipinski definition) is 3. The van der Waals surface area contributed by atoms with E-state index >= 15 is 0 Å². The lowest BCUT2D eigenvalue weighted by Gasteiger charge is -2.31. The van der Waals surface area contributed by atoms with Crippen molar-refractivity contribution in [3.05, 3.63) is 115 Å². The number of piperidine rings is 1. The van der Waals surface area contributed by atoms with Crippen LogP contribution in [0.25, 0.3) is 16.6 Å². The van der Waals surface area contributed by atoms with E-state index in [1.807, 2.05) is 48.5 Å². The summed E-state index contributed by atoms with van der Waals surface area (Å²) in [5.41, 5.74) is 6.66. The van der Waals surface area contributed by atoms with Gasteiger partial charge in [-0.2, -0.15) is 0 Å². The highest BCUT2D eigenvalue weighted by atomic mass is 16.3. The molecule has 1 aliphatic heterocycles. The summed E-state index contributed by atoms with van der Waals surface area (Å²) in [7, 11) is 0. The molecule has 2 heterocycles. The number of carbonyl (C=O) groups is 1. The van der Waals surface area contributed by atoms with Gasteiger partial charge in [-0.05, 0) is 103 Å². The number of para-hydroxylation sites is 1. The van der Waals surface area contributed by atoms with E-state index in [1.165, 1.54) is 10.9 Å². The minimum atomic E-state index is -0.199. The topological polar surface area (TPSA) is 69.5 Å². The van der Waals surface area contributed by atoms with Gasteiger partial charge in [0.1, 0.15) is 0 Å². The summed E-state index contributed by atoms with van der Waals surface area (Å²) < 4.78 is 2.18. The Labute approximate surface area is 222 Å². The standard InChI is InChI=1S/C32H30N4O2/c37-30-18-20-35(21-19-30)28-13-5-24(6-14-28)32(38)34-27-9-7-25(8-10-27)33-26-11-15-29(16-12-26)36-22-17-23-3-1-2-4-31(23)36/h1-17,22,30,33,37H,18-21H2,(H,34,38). The molecule has 0 atom stereocenters. The smallest absolute Gasteiger partial charge is 0.255 e. The molecule has 38 heavy (non-hydrogen) atoms. The first kappa shape index (κ1) is 23.8. The molecular weight excluding hydrogens is 472 g/mol. The van der Waals surface area contributed by atoms with Crippen molar-refractivity contribution >= 4 is 39.6 Å². The molecule has 3 N–H and O–H groups in total. The van der Waals surface area contributed by atoms with Crippen LogP contribution in [0.4, 0.5) is 22.7 Å². The minimum absolute atomic E-state index is 0.139. The summed E-state index contributed by atoms with van der Waals surface area (Å²) in [5.74, 6) is -0.139. The van der Waals surface area contributed by atoms with Crippen LogP contribution in [0.3, 0.4) is 0 Å². The maximum atomic E-state index is 12.8. The second-order valence-electron chi connectivity index (χ2n) is 9.71. The lowest BCUT2D eigenvalue weighted by atomic mass is 10.1. The van der Waals surface area contributed by atoms with Crippen molar-refractivity contribution < 1.29 is 9.90 Å². The summed E-state index contributed by atoms with van der Waals surface area (Å²) >= 11 is 0. The molecule has 0 aliphatic carbocycles. The molecule has 6 nitrogen and oxygen atoms in total. The Morgan fingerprint density at radius 1 is 0.711 bits per heavy atom. The van der Waals surface area contributed by atoms with E-state index in [4.69, 9.17) is 0 Å². The fourth-order valence-corrected chi connectivity index (χ4v) is 4.97. The Morgan fingerprint density at radius 2 is 1.32 bits per heavy atom. The lowest BCUT2D eigenvalue weighted by Crippen LogP contribution is -2.35. The maximum absolute atomic E-state index is 12.8. The van der Waals surface area contributed by atoms with Gasteiger partial charge in [0, 0.05) is 53.3 Å². The Bertz CT molecular complexity index is 1530. The number of aliphatic hydroxyl groups excluding tert-OH is 1. The number of fused-ring (bicyclic) bond motifs is 1. The van der Waals surface area contributed by atoms with Crippen molar-refractivity contribution in [2.24, 2.45) is 0 Å². The molecule has 6 heteroatoms. The van der Waals surface area contributed by atoms with Gasteiger partial charge < -0.3 is 25.2 Å². The van der Waals surface area contributed by atoms with Crippen molar-refractivity contribution in [3.8, 4) is 5.69 Å². The van der Waals surface area contributed by atoms with Gasteiger partial charge in [0.25, 0.3) is 5.91 Å². The van der Waals surface area contributed by atoms with E-state index in [2.05, 4.69) is 80.9 Å². The van der Waals surface area contributed by atoms with Gasteiger partial charge in [0.15, 0.2) is 0 Å². The second kappa shape index (κ2) is 10.4. The molecule has 0 saturated carbocycles. The van der Waals surface area contributed by atoms with Crippen LogP contribution >= 0.6 is 0 Å². The number of benzene rings is 4. The molecule has 1 aromatic heterocycles. The highest BCUT2D eigenvalue weighted by Crippen LogP contribution is 2.25. The van der Waals surface area contributed by atoms with Crippen molar-refractivity contribution in [1.29, 1.82) is 0 Å². The number of anilines is 4. The average Bonchev–Trinajstić information content (AvgIpc) is 3.39. The average molecular weight is 503 g/mol. The molecule has 1 saturated heterocycles. The zero-order valence-corrected chi connectivity index (χ0v) is 21.0. The fraction of sp³-hybridized carbons (Fsp3) is 0.156. The molecule has 190 valence electrons. The van der Waals surface area contributed by atoms with Crippen molar-refractivity contribution in [1.82, 2.24) is 4.57 Å². The number of aliphatic hydroxyl groups is 1. The van der Waals surface area contributed by atoms with Crippen molar-refractivity contribution in [3.63, 3.8) is 0 Å². The fourth-order valence-electron chi connectivity index (χ4n) is 4.97. The zero-order chi connectivity index (χ0) is 25.9. The third kappa shape index (κ3) is 5.12. The van der Waals surface area contributed by atoms with Gasteiger partial charge >= 0.3 is 0 Å². The summed E-state index contributed by atoms with van der Waals surface area (Å²) in [6.45, 7) is 1.67. The number of rotatable bonds is 6. The monoisotopic (exact) mass is 502 g/mol. The number of hydrogen-bond acceptors (Lipinski definition) is 4. The van der Waals surface area contributed by atoms with Crippen LogP contribution in [0, 0.1) is 0 Å². The number of amides is 1. The maximum Gasteiger partial charge on any atom is 0.255 e. The highest BCUT2D eigenvalue weighted by Gasteiger charge is 2.17. The Hall–Kier alpha value is -4.55. The number of aromatic nitrogens is 1. The van der Waals surface area contributed by atoms with Crippen LogP contribution in [-0.4, -0.2) is 34.8 Å². The van der Waals surface area contributed by atoms with Gasteiger partial charge in [0.05, 0.1) is 11.6 Å². The first-order chi connectivity index (χ1) is 18.6. The summed E-state index contributed by atoms with van der Waals surface area (Å²) in [4.78, 5) is 15.0. The van der Waals surface area contributed by atoms with Gasteiger partial charge in [-0.15, -0.1) is 0 Å². The van der Waals surface area contributed by atoms with E-state index in [0.29, 0.717) is 5.56 Å².